The molecule has 2 amide bonds. The number of hydrogen-bond acceptors (Lipinski definition) is 3. The molecule has 1 atom stereocenters. The summed E-state index contributed by atoms with van der Waals surface area (Å²) in [7, 11) is 0. The van der Waals surface area contributed by atoms with E-state index in [9.17, 15) is 35.9 Å². The van der Waals surface area contributed by atoms with Gasteiger partial charge in [0.2, 0.25) is 5.91 Å². The number of halogens is 6. The van der Waals surface area contributed by atoms with Crippen LogP contribution in [-0.2, 0) is 15.8 Å². The number of ether oxygens (including phenoxy) is 1. The monoisotopic (exact) mass is 432 g/mol. The van der Waals surface area contributed by atoms with E-state index in [0.717, 1.165) is 18.2 Å². The van der Waals surface area contributed by atoms with Crippen molar-refractivity contribution in [2.24, 2.45) is 0 Å². The van der Waals surface area contributed by atoms with Gasteiger partial charge < -0.3 is 10.1 Å². The van der Waals surface area contributed by atoms with Crippen molar-refractivity contribution in [3.63, 3.8) is 0 Å². The van der Waals surface area contributed by atoms with Crippen LogP contribution >= 0.6 is 0 Å². The minimum atomic E-state index is -4.96. The van der Waals surface area contributed by atoms with Gasteiger partial charge in [-0.05, 0) is 24.3 Å². The second-order valence-corrected chi connectivity index (χ2v) is 6.37. The van der Waals surface area contributed by atoms with Gasteiger partial charge in [0.05, 0.1) is 23.4 Å². The zero-order valence-corrected chi connectivity index (χ0v) is 15.1. The molecule has 160 valence electrons. The molecule has 11 heteroatoms. The van der Waals surface area contributed by atoms with E-state index in [2.05, 4.69) is 5.32 Å². The number of carbonyl (C=O) groups is 2. The Labute approximate surface area is 166 Å². The molecular formula is C19H14F6N2O3. The molecule has 0 spiro atoms. The van der Waals surface area contributed by atoms with E-state index in [1.165, 1.54) is 30.3 Å². The quantitative estimate of drug-likeness (QED) is 0.732. The van der Waals surface area contributed by atoms with Crippen LogP contribution in [0.15, 0.2) is 48.5 Å². The van der Waals surface area contributed by atoms with Crippen LogP contribution in [0.5, 0.6) is 5.75 Å². The lowest BCUT2D eigenvalue weighted by atomic mass is 10.1. The van der Waals surface area contributed by atoms with Crippen molar-refractivity contribution in [2.75, 3.05) is 16.8 Å². The predicted octanol–water partition coefficient (Wildman–Crippen LogP) is 4.39. The Bertz CT molecular complexity index is 958. The molecule has 0 aliphatic carbocycles. The fourth-order valence-electron chi connectivity index (χ4n) is 3.03. The van der Waals surface area contributed by atoms with Crippen LogP contribution < -0.4 is 15.0 Å². The second kappa shape index (κ2) is 7.88. The molecule has 0 saturated carbocycles. The molecule has 3 rings (SSSR count). The van der Waals surface area contributed by atoms with Crippen molar-refractivity contribution in [1.29, 1.82) is 0 Å². The fourth-order valence-corrected chi connectivity index (χ4v) is 3.03. The highest BCUT2D eigenvalue weighted by atomic mass is 19.4. The summed E-state index contributed by atoms with van der Waals surface area (Å²) in [5.41, 5.74) is -1.43. The van der Waals surface area contributed by atoms with Crippen molar-refractivity contribution >= 4 is 23.2 Å². The number of benzene rings is 2. The van der Waals surface area contributed by atoms with Gasteiger partial charge in [-0.15, -0.1) is 0 Å². The summed E-state index contributed by atoms with van der Waals surface area (Å²) in [6, 6.07) is 6.84. The molecule has 0 saturated heterocycles. The minimum absolute atomic E-state index is 0.0294. The third-order valence-corrected chi connectivity index (χ3v) is 4.32. The molecule has 0 bridgehead atoms. The first-order chi connectivity index (χ1) is 14.0. The molecule has 0 radical (unpaired) electrons. The Kier molecular flexibility index (Phi) is 5.64. The molecule has 2 aromatic rings. The first-order valence-electron chi connectivity index (χ1n) is 8.55. The van der Waals surface area contributed by atoms with Crippen molar-refractivity contribution in [2.45, 2.75) is 24.8 Å². The maximum Gasteiger partial charge on any atom is 0.419 e. The van der Waals surface area contributed by atoms with Crippen LogP contribution in [0.4, 0.5) is 37.7 Å². The first-order valence-corrected chi connectivity index (χ1v) is 8.55. The smallest absolute Gasteiger partial charge is 0.419 e. The number of rotatable bonds is 3. The van der Waals surface area contributed by atoms with Gasteiger partial charge in [-0.25, -0.2) is 0 Å². The van der Waals surface area contributed by atoms with Crippen LogP contribution in [0.2, 0.25) is 0 Å². The molecule has 0 aromatic heterocycles. The SMILES string of the molecule is O=C1C[C@@H](C(F)(F)F)N(C(=O)COc2ccccc2C(F)(F)F)c2ccccc2N1. The van der Waals surface area contributed by atoms with Crippen LogP contribution in [-0.4, -0.2) is 30.6 Å². The lowest BCUT2D eigenvalue weighted by molar-refractivity contribution is -0.158. The summed E-state index contributed by atoms with van der Waals surface area (Å²) >= 11 is 0. The first kappa shape index (κ1) is 21.5. The van der Waals surface area contributed by atoms with Gasteiger partial charge >= 0.3 is 12.4 Å². The van der Waals surface area contributed by atoms with Crippen LogP contribution in [0.25, 0.3) is 0 Å². The van der Waals surface area contributed by atoms with Gasteiger partial charge in [0.1, 0.15) is 11.8 Å². The lowest BCUT2D eigenvalue weighted by Crippen LogP contribution is -2.51. The summed E-state index contributed by atoms with van der Waals surface area (Å²) in [5.74, 6) is -2.90. The van der Waals surface area contributed by atoms with Crippen molar-refractivity contribution in [3.05, 3.63) is 54.1 Å². The number of amides is 2. The predicted molar refractivity (Wildman–Crippen MR) is 94.0 cm³/mol. The number of para-hydroxylation sites is 3. The number of nitrogens with one attached hydrogen (secondary N) is 1. The lowest BCUT2D eigenvalue weighted by Gasteiger charge is -2.31. The van der Waals surface area contributed by atoms with Gasteiger partial charge in [0.25, 0.3) is 5.91 Å². The van der Waals surface area contributed by atoms with Gasteiger partial charge in [0.15, 0.2) is 6.61 Å². The minimum Gasteiger partial charge on any atom is -0.483 e. The molecule has 0 fully saturated rings. The topological polar surface area (TPSA) is 58.6 Å². The maximum atomic E-state index is 13.6. The van der Waals surface area contributed by atoms with Gasteiger partial charge in [-0.2, -0.15) is 26.3 Å². The summed E-state index contributed by atoms with van der Waals surface area (Å²) in [4.78, 5) is 24.9. The third kappa shape index (κ3) is 4.50. The van der Waals surface area contributed by atoms with E-state index in [4.69, 9.17) is 4.74 Å². The summed E-state index contributed by atoms with van der Waals surface area (Å²) in [6.07, 6.45) is -10.8. The highest BCUT2D eigenvalue weighted by Crippen LogP contribution is 2.39. The Hall–Kier alpha value is -3.24. The molecule has 1 aliphatic heterocycles. The van der Waals surface area contributed by atoms with E-state index >= 15 is 0 Å². The number of fused-ring (bicyclic) bond motifs is 1. The molecule has 1 heterocycles. The summed E-state index contributed by atoms with van der Waals surface area (Å²) in [5, 5.41) is 2.29. The average Bonchev–Trinajstić information content (AvgIpc) is 2.81. The number of nitrogens with zero attached hydrogens (tertiary/aromatic N) is 1. The molecule has 1 N–H and O–H groups in total. The van der Waals surface area contributed by atoms with Crippen molar-refractivity contribution in [1.82, 2.24) is 0 Å². The van der Waals surface area contributed by atoms with Gasteiger partial charge in [0, 0.05) is 0 Å². The number of anilines is 2. The highest BCUT2D eigenvalue weighted by molar-refractivity contribution is 6.05. The van der Waals surface area contributed by atoms with E-state index in [1.54, 1.807) is 0 Å². The van der Waals surface area contributed by atoms with Gasteiger partial charge in [-0.1, -0.05) is 24.3 Å². The van der Waals surface area contributed by atoms with E-state index in [0.29, 0.717) is 4.90 Å². The highest BCUT2D eigenvalue weighted by Gasteiger charge is 2.49. The largest absolute Gasteiger partial charge is 0.483 e. The Balaban J connectivity index is 1.94. The second-order valence-electron chi connectivity index (χ2n) is 6.37. The van der Waals surface area contributed by atoms with Gasteiger partial charge in [-0.3, -0.25) is 14.5 Å². The molecule has 30 heavy (non-hydrogen) atoms. The van der Waals surface area contributed by atoms with E-state index < -0.39 is 54.5 Å². The normalized spacial score (nSPS) is 17.1. The van der Waals surface area contributed by atoms with Crippen LogP contribution in [0, 0.1) is 0 Å². The Morgan fingerprint density at radius 3 is 2.33 bits per heavy atom. The zero-order chi connectivity index (χ0) is 22.1. The van der Waals surface area contributed by atoms with E-state index in [-0.39, 0.29) is 11.4 Å². The van der Waals surface area contributed by atoms with Crippen LogP contribution in [0.3, 0.4) is 0 Å². The Morgan fingerprint density at radius 2 is 1.67 bits per heavy atom. The molecule has 1 aliphatic rings. The van der Waals surface area contributed by atoms with Crippen molar-refractivity contribution < 1.29 is 40.7 Å². The average molecular weight is 432 g/mol. The molecule has 0 unspecified atom stereocenters. The van der Waals surface area contributed by atoms with Crippen molar-refractivity contribution in [3.8, 4) is 5.75 Å². The number of carbonyl (C=O) groups excluding carboxylic acids is 2. The summed E-state index contributed by atoms with van der Waals surface area (Å²) in [6.45, 7) is -1.10. The number of alkyl halides is 6. The zero-order valence-electron chi connectivity index (χ0n) is 15.1. The summed E-state index contributed by atoms with van der Waals surface area (Å²) < 4.78 is 85.0. The Morgan fingerprint density at radius 1 is 1.03 bits per heavy atom. The van der Waals surface area contributed by atoms with Crippen LogP contribution in [0.1, 0.15) is 12.0 Å². The standard InChI is InChI=1S/C19H14F6N2O3/c20-18(21,22)11-5-1-4-8-14(11)30-10-17(29)27-13-7-3-2-6-12(13)26-16(28)9-15(27)19(23,24)25/h1-8,15H,9-10H2,(H,26,28)/t15-/m0/s1. The number of hydrogen-bond donors (Lipinski definition) is 1. The molecule has 5 nitrogen and oxygen atoms in total. The fraction of sp³-hybridized carbons (Fsp3) is 0.263. The molecular weight excluding hydrogens is 418 g/mol. The maximum absolute atomic E-state index is 13.6. The third-order valence-electron chi connectivity index (χ3n) is 4.32. The molecule has 2 aromatic carbocycles. The van der Waals surface area contributed by atoms with E-state index in [1.807, 2.05) is 0 Å².